The Morgan fingerprint density at radius 2 is 2.05 bits per heavy atom. The first-order valence-corrected chi connectivity index (χ1v) is 7.67. The van der Waals surface area contributed by atoms with Crippen molar-refractivity contribution in [3.05, 3.63) is 46.3 Å². The third kappa shape index (κ3) is 3.62. The summed E-state index contributed by atoms with van der Waals surface area (Å²) in [5.74, 6) is 0.0488. The van der Waals surface area contributed by atoms with Crippen molar-refractivity contribution in [3.63, 3.8) is 0 Å². The van der Waals surface area contributed by atoms with Gasteiger partial charge in [0.2, 0.25) is 0 Å². The van der Waals surface area contributed by atoms with Crippen molar-refractivity contribution >= 4 is 29.1 Å². The van der Waals surface area contributed by atoms with Gasteiger partial charge >= 0.3 is 6.03 Å². The van der Waals surface area contributed by atoms with Crippen LogP contribution >= 0.6 is 11.3 Å². The van der Waals surface area contributed by atoms with Gasteiger partial charge in [0.25, 0.3) is 5.91 Å². The van der Waals surface area contributed by atoms with Crippen LogP contribution in [-0.2, 0) is 0 Å². The maximum Gasteiger partial charge on any atom is 0.323 e. The van der Waals surface area contributed by atoms with Gasteiger partial charge in [-0.15, -0.1) is 11.3 Å². The van der Waals surface area contributed by atoms with E-state index < -0.39 is 0 Å². The van der Waals surface area contributed by atoms with Gasteiger partial charge in [-0.1, -0.05) is 12.1 Å². The number of nitrogens with zero attached hydrogens (tertiary/aromatic N) is 2. The molecule has 0 saturated carbocycles. The molecule has 116 valence electrons. The third-order valence-electron chi connectivity index (χ3n) is 3.30. The smallest absolute Gasteiger partial charge is 0.323 e. The highest BCUT2D eigenvalue weighted by Crippen LogP contribution is 2.23. The zero-order valence-corrected chi connectivity index (χ0v) is 13.5. The van der Waals surface area contributed by atoms with E-state index in [-0.39, 0.29) is 23.7 Å². The van der Waals surface area contributed by atoms with Crippen LogP contribution in [0.25, 0.3) is 0 Å². The lowest BCUT2D eigenvalue weighted by molar-refractivity contribution is 0.0958. The molecule has 6 nitrogen and oxygen atoms in total. The molecule has 2 heterocycles. The van der Waals surface area contributed by atoms with Gasteiger partial charge < -0.3 is 10.2 Å². The highest BCUT2D eigenvalue weighted by atomic mass is 32.1. The Kier molecular flexibility index (Phi) is 5.11. The Morgan fingerprint density at radius 3 is 2.68 bits per heavy atom. The number of rotatable bonds is 4. The Labute approximate surface area is 133 Å². The van der Waals surface area contributed by atoms with E-state index in [1.165, 1.54) is 7.05 Å². The molecule has 2 N–H and O–H groups in total. The molecule has 7 heteroatoms. The fraction of sp³-hybridized carbons (Fsp3) is 0.267. The minimum absolute atomic E-state index is 0.0397. The molecule has 0 aliphatic rings. The van der Waals surface area contributed by atoms with Crippen LogP contribution in [0.4, 0.5) is 10.6 Å². The number of anilines is 1. The van der Waals surface area contributed by atoms with Gasteiger partial charge in [-0.25, -0.2) is 9.78 Å². The quantitative estimate of drug-likeness (QED) is 0.910. The first-order valence-electron chi connectivity index (χ1n) is 6.79. The summed E-state index contributed by atoms with van der Waals surface area (Å²) in [5, 5.41) is 7.18. The van der Waals surface area contributed by atoms with E-state index in [4.69, 9.17) is 0 Å². The van der Waals surface area contributed by atoms with E-state index in [1.54, 1.807) is 41.5 Å². The summed E-state index contributed by atoms with van der Waals surface area (Å²) in [7, 11) is 3.26. The molecule has 1 atom stereocenters. The van der Waals surface area contributed by atoms with E-state index in [9.17, 15) is 9.59 Å². The van der Waals surface area contributed by atoms with Crippen LogP contribution in [0.3, 0.4) is 0 Å². The van der Waals surface area contributed by atoms with Gasteiger partial charge in [0, 0.05) is 19.0 Å². The molecule has 22 heavy (non-hydrogen) atoms. The highest BCUT2D eigenvalue weighted by Gasteiger charge is 2.18. The second kappa shape index (κ2) is 7.04. The Morgan fingerprint density at radius 1 is 1.27 bits per heavy atom. The number of aromatic nitrogens is 1. The second-order valence-corrected chi connectivity index (χ2v) is 5.70. The van der Waals surface area contributed by atoms with Crippen molar-refractivity contribution in [3.8, 4) is 0 Å². The lowest BCUT2D eigenvalue weighted by atomic mass is 10.2. The molecule has 0 aliphatic heterocycles. The van der Waals surface area contributed by atoms with Crippen LogP contribution in [0.2, 0.25) is 0 Å². The average molecular weight is 318 g/mol. The lowest BCUT2D eigenvalue weighted by Gasteiger charge is -2.24. The van der Waals surface area contributed by atoms with Crippen LogP contribution in [-0.4, -0.2) is 35.9 Å². The maximum atomic E-state index is 12.3. The van der Waals surface area contributed by atoms with E-state index in [1.807, 2.05) is 24.4 Å². The molecule has 0 bridgehead atoms. The summed E-state index contributed by atoms with van der Waals surface area (Å²) < 4.78 is 0. The fourth-order valence-corrected chi connectivity index (χ4v) is 2.68. The Bertz CT molecular complexity index is 657. The van der Waals surface area contributed by atoms with Crippen molar-refractivity contribution in [1.82, 2.24) is 15.2 Å². The second-order valence-electron chi connectivity index (χ2n) is 4.72. The number of thiophene rings is 1. The molecule has 2 rings (SSSR count). The van der Waals surface area contributed by atoms with Crippen LogP contribution < -0.4 is 10.6 Å². The predicted octanol–water partition coefficient (Wildman–Crippen LogP) is 2.73. The monoisotopic (exact) mass is 318 g/mol. The summed E-state index contributed by atoms with van der Waals surface area (Å²) in [6.07, 6.45) is 0. The van der Waals surface area contributed by atoms with Gasteiger partial charge in [0.15, 0.2) is 0 Å². The van der Waals surface area contributed by atoms with Gasteiger partial charge in [-0.05, 0) is 30.5 Å². The van der Waals surface area contributed by atoms with Crippen molar-refractivity contribution in [2.24, 2.45) is 0 Å². The van der Waals surface area contributed by atoms with Crippen molar-refractivity contribution in [1.29, 1.82) is 0 Å². The van der Waals surface area contributed by atoms with Gasteiger partial charge in [0.1, 0.15) is 11.5 Å². The molecule has 2 aromatic rings. The molecule has 0 unspecified atom stereocenters. The summed E-state index contributed by atoms with van der Waals surface area (Å²) >= 11 is 1.60. The van der Waals surface area contributed by atoms with Crippen molar-refractivity contribution in [2.45, 2.75) is 13.0 Å². The predicted molar refractivity (Wildman–Crippen MR) is 87.1 cm³/mol. The fourth-order valence-electron chi connectivity index (χ4n) is 1.85. The average Bonchev–Trinajstić information content (AvgIpc) is 3.07. The van der Waals surface area contributed by atoms with Gasteiger partial charge in [-0.3, -0.25) is 10.1 Å². The largest absolute Gasteiger partial charge is 0.354 e. The standard InChI is InChI=1S/C15H18N4O2S/c1-10(12-7-5-9-22-12)19(3)15(21)18-13-8-4-6-11(17-13)14(20)16-2/h4-10H,1-3H3,(H,16,20)(H,17,18,21)/t10-/m0/s1. The number of urea groups is 1. The molecule has 0 saturated heterocycles. The Hall–Kier alpha value is -2.41. The summed E-state index contributed by atoms with van der Waals surface area (Å²) in [6, 6.07) is 8.54. The maximum absolute atomic E-state index is 12.3. The number of carbonyl (C=O) groups excluding carboxylic acids is 2. The first-order chi connectivity index (χ1) is 10.5. The minimum atomic E-state index is -0.295. The summed E-state index contributed by atoms with van der Waals surface area (Å²) in [6.45, 7) is 1.96. The van der Waals surface area contributed by atoms with E-state index in [2.05, 4.69) is 15.6 Å². The number of amides is 3. The summed E-state index contributed by atoms with van der Waals surface area (Å²) in [5.41, 5.74) is 0.259. The number of hydrogen-bond donors (Lipinski definition) is 2. The molecule has 0 aromatic carbocycles. The molecular weight excluding hydrogens is 300 g/mol. The molecule has 0 spiro atoms. The number of hydrogen-bond acceptors (Lipinski definition) is 4. The molecule has 0 aliphatic carbocycles. The topological polar surface area (TPSA) is 74.3 Å². The SMILES string of the molecule is CNC(=O)c1cccc(NC(=O)N(C)[C@@H](C)c2cccs2)n1. The number of nitrogens with one attached hydrogen (secondary N) is 2. The molecule has 2 aromatic heterocycles. The molecule has 0 radical (unpaired) electrons. The zero-order chi connectivity index (χ0) is 16.1. The van der Waals surface area contributed by atoms with E-state index in [0.717, 1.165) is 4.88 Å². The third-order valence-corrected chi connectivity index (χ3v) is 4.34. The van der Waals surface area contributed by atoms with Crippen molar-refractivity contribution < 1.29 is 9.59 Å². The van der Waals surface area contributed by atoms with Gasteiger partial charge in [0.05, 0.1) is 6.04 Å². The number of pyridine rings is 1. The molecule has 3 amide bonds. The highest BCUT2D eigenvalue weighted by molar-refractivity contribution is 7.10. The van der Waals surface area contributed by atoms with Crippen LogP contribution in [0.1, 0.15) is 28.3 Å². The number of carbonyl (C=O) groups is 2. The summed E-state index contributed by atoms with van der Waals surface area (Å²) in [4.78, 5) is 30.7. The van der Waals surface area contributed by atoms with Crippen LogP contribution in [0.5, 0.6) is 0 Å². The minimum Gasteiger partial charge on any atom is -0.354 e. The first kappa shape index (κ1) is 16.0. The lowest BCUT2D eigenvalue weighted by Crippen LogP contribution is -2.33. The van der Waals surface area contributed by atoms with Crippen molar-refractivity contribution in [2.75, 3.05) is 19.4 Å². The normalized spacial score (nSPS) is 11.6. The van der Waals surface area contributed by atoms with E-state index >= 15 is 0 Å². The van der Waals surface area contributed by atoms with Crippen LogP contribution in [0, 0.1) is 0 Å². The van der Waals surface area contributed by atoms with Gasteiger partial charge in [-0.2, -0.15) is 0 Å². The van der Waals surface area contributed by atoms with Crippen LogP contribution in [0.15, 0.2) is 35.7 Å². The molecule has 0 fully saturated rings. The zero-order valence-electron chi connectivity index (χ0n) is 12.7. The Balaban J connectivity index is 2.07. The molecular formula is C15H18N4O2S. The van der Waals surface area contributed by atoms with E-state index in [0.29, 0.717) is 5.82 Å².